The number of nitrogens with one attached hydrogen (secondary N) is 3. The second-order valence-electron chi connectivity index (χ2n) is 5.41. The maximum atomic E-state index is 12.2. The molecule has 3 N–H and O–H groups in total. The van der Waals surface area contributed by atoms with E-state index in [-0.39, 0.29) is 24.3 Å². The van der Waals surface area contributed by atoms with Gasteiger partial charge in [0, 0.05) is 18.3 Å². The van der Waals surface area contributed by atoms with Crippen LogP contribution >= 0.6 is 0 Å². The van der Waals surface area contributed by atoms with E-state index in [9.17, 15) is 9.59 Å². The van der Waals surface area contributed by atoms with E-state index in [0.29, 0.717) is 6.04 Å². The molecule has 20 heavy (non-hydrogen) atoms. The summed E-state index contributed by atoms with van der Waals surface area (Å²) in [6.07, 6.45) is 2.87. The molecular weight excluding hydrogens is 254 g/mol. The molecule has 2 aliphatic rings. The van der Waals surface area contributed by atoms with E-state index in [0.717, 1.165) is 37.1 Å². The standard InChI is InChI=1S/C15H19N3O2/c19-14(18-10-5-6-10)9-17-15(20)12-7-8-16-13-4-2-1-3-11(12)13/h1-4,10,12,16H,5-9H2,(H,17,20)(H,18,19). The minimum absolute atomic E-state index is 0.0649. The fourth-order valence-corrected chi connectivity index (χ4v) is 2.54. The molecule has 1 aromatic rings. The van der Waals surface area contributed by atoms with Crippen LogP contribution in [0.4, 0.5) is 5.69 Å². The molecule has 5 heteroatoms. The molecule has 1 atom stereocenters. The predicted octanol–water partition coefficient (Wildman–Crippen LogP) is 0.981. The molecule has 0 bridgehead atoms. The number of amides is 2. The number of hydrogen-bond acceptors (Lipinski definition) is 3. The van der Waals surface area contributed by atoms with Crippen LogP contribution in [0.2, 0.25) is 0 Å². The first kappa shape index (κ1) is 13.0. The molecule has 1 unspecified atom stereocenters. The number of anilines is 1. The van der Waals surface area contributed by atoms with Gasteiger partial charge in [-0.25, -0.2) is 0 Å². The molecule has 1 aromatic carbocycles. The van der Waals surface area contributed by atoms with E-state index < -0.39 is 0 Å². The van der Waals surface area contributed by atoms with Crippen LogP contribution in [0.5, 0.6) is 0 Å². The Balaban J connectivity index is 1.58. The molecule has 0 saturated heterocycles. The summed E-state index contributed by atoms with van der Waals surface area (Å²) in [7, 11) is 0. The first-order valence-electron chi connectivity index (χ1n) is 7.14. The Morgan fingerprint density at radius 2 is 2.00 bits per heavy atom. The fourth-order valence-electron chi connectivity index (χ4n) is 2.54. The van der Waals surface area contributed by atoms with Gasteiger partial charge in [-0.05, 0) is 30.9 Å². The van der Waals surface area contributed by atoms with Crippen molar-refractivity contribution in [1.82, 2.24) is 10.6 Å². The summed E-state index contributed by atoms with van der Waals surface area (Å²) in [5.74, 6) is -0.325. The Morgan fingerprint density at radius 3 is 2.80 bits per heavy atom. The highest BCUT2D eigenvalue weighted by atomic mass is 16.2. The summed E-state index contributed by atoms with van der Waals surface area (Å²) < 4.78 is 0. The van der Waals surface area contributed by atoms with Crippen LogP contribution in [0, 0.1) is 0 Å². The van der Waals surface area contributed by atoms with Gasteiger partial charge in [0.15, 0.2) is 0 Å². The van der Waals surface area contributed by atoms with Crippen molar-refractivity contribution in [1.29, 1.82) is 0 Å². The zero-order valence-corrected chi connectivity index (χ0v) is 11.3. The van der Waals surface area contributed by atoms with Gasteiger partial charge in [-0.15, -0.1) is 0 Å². The maximum Gasteiger partial charge on any atom is 0.239 e. The molecule has 3 rings (SSSR count). The smallest absolute Gasteiger partial charge is 0.239 e. The predicted molar refractivity (Wildman–Crippen MR) is 76.5 cm³/mol. The minimum atomic E-state index is -0.166. The van der Waals surface area contributed by atoms with Crippen molar-refractivity contribution in [2.45, 2.75) is 31.2 Å². The zero-order chi connectivity index (χ0) is 13.9. The molecule has 5 nitrogen and oxygen atoms in total. The van der Waals surface area contributed by atoms with Crippen molar-refractivity contribution >= 4 is 17.5 Å². The van der Waals surface area contributed by atoms with Crippen molar-refractivity contribution in [2.24, 2.45) is 0 Å². The van der Waals surface area contributed by atoms with Crippen molar-refractivity contribution in [2.75, 3.05) is 18.4 Å². The van der Waals surface area contributed by atoms with Gasteiger partial charge < -0.3 is 16.0 Å². The molecule has 0 aromatic heterocycles. The Hall–Kier alpha value is -2.04. The van der Waals surface area contributed by atoms with Crippen molar-refractivity contribution in [3.8, 4) is 0 Å². The average molecular weight is 273 g/mol. The minimum Gasteiger partial charge on any atom is -0.385 e. The van der Waals surface area contributed by atoms with Crippen LogP contribution < -0.4 is 16.0 Å². The topological polar surface area (TPSA) is 70.2 Å². The van der Waals surface area contributed by atoms with Gasteiger partial charge in [-0.2, -0.15) is 0 Å². The van der Waals surface area contributed by atoms with Crippen LogP contribution in [0.15, 0.2) is 24.3 Å². The Labute approximate surface area is 118 Å². The fraction of sp³-hybridized carbons (Fsp3) is 0.467. The van der Waals surface area contributed by atoms with Crippen LogP contribution in [-0.2, 0) is 9.59 Å². The lowest BCUT2D eigenvalue weighted by Gasteiger charge is -2.25. The van der Waals surface area contributed by atoms with Crippen LogP contribution in [0.25, 0.3) is 0 Å². The number of fused-ring (bicyclic) bond motifs is 1. The molecule has 0 spiro atoms. The number of rotatable bonds is 4. The SMILES string of the molecule is O=C(CNC(=O)C1CCNc2ccccc21)NC1CC1. The van der Waals surface area contributed by atoms with E-state index in [1.807, 2.05) is 24.3 Å². The lowest BCUT2D eigenvalue weighted by atomic mass is 9.90. The summed E-state index contributed by atoms with van der Waals surface area (Å²) in [4.78, 5) is 23.8. The first-order chi connectivity index (χ1) is 9.74. The molecular formula is C15H19N3O2. The Bertz CT molecular complexity index is 526. The van der Waals surface area contributed by atoms with Gasteiger partial charge >= 0.3 is 0 Å². The summed E-state index contributed by atoms with van der Waals surface area (Å²) >= 11 is 0. The van der Waals surface area contributed by atoms with E-state index >= 15 is 0 Å². The molecule has 1 aliphatic carbocycles. The third-order valence-corrected chi connectivity index (χ3v) is 3.77. The molecule has 1 heterocycles. The van der Waals surface area contributed by atoms with E-state index in [1.54, 1.807) is 0 Å². The lowest BCUT2D eigenvalue weighted by molar-refractivity contribution is -0.127. The largest absolute Gasteiger partial charge is 0.385 e. The van der Waals surface area contributed by atoms with Crippen molar-refractivity contribution in [3.05, 3.63) is 29.8 Å². The second kappa shape index (κ2) is 5.53. The van der Waals surface area contributed by atoms with E-state index in [4.69, 9.17) is 0 Å². The number of hydrogen-bond donors (Lipinski definition) is 3. The Morgan fingerprint density at radius 1 is 1.20 bits per heavy atom. The second-order valence-corrected chi connectivity index (χ2v) is 5.41. The van der Waals surface area contributed by atoms with Gasteiger partial charge in [0.25, 0.3) is 0 Å². The van der Waals surface area contributed by atoms with Crippen molar-refractivity contribution in [3.63, 3.8) is 0 Å². The monoisotopic (exact) mass is 273 g/mol. The van der Waals surface area contributed by atoms with Gasteiger partial charge in [-0.1, -0.05) is 18.2 Å². The number of carbonyl (C=O) groups excluding carboxylic acids is 2. The highest BCUT2D eigenvalue weighted by molar-refractivity contribution is 5.90. The average Bonchev–Trinajstić information content (AvgIpc) is 3.28. The molecule has 0 radical (unpaired) electrons. The van der Waals surface area contributed by atoms with Crippen LogP contribution in [0.1, 0.15) is 30.7 Å². The molecule has 1 fully saturated rings. The summed E-state index contributed by atoms with van der Waals surface area (Å²) in [5.41, 5.74) is 2.03. The first-order valence-corrected chi connectivity index (χ1v) is 7.14. The van der Waals surface area contributed by atoms with Gasteiger partial charge in [0.1, 0.15) is 0 Å². The van der Waals surface area contributed by atoms with Crippen LogP contribution in [-0.4, -0.2) is 30.9 Å². The van der Waals surface area contributed by atoms with E-state index in [1.165, 1.54) is 0 Å². The highest BCUT2D eigenvalue weighted by Crippen LogP contribution is 2.31. The lowest BCUT2D eigenvalue weighted by Crippen LogP contribution is -2.40. The Kier molecular flexibility index (Phi) is 3.58. The normalized spacial score (nSPS) is 20.5. The molecule has 2 amide bonds. The van der Waals surface area contributed by atoms with E-state index in [2.05, 4.69) is 16.0 Å². The van der Waals surface area contributed by atoms with Gasteiger partial charge in [0.05, 0.1) is 12.5 Å². The third-order valence-electron chi connectivity index (χ3n) is 3.77. The molecule has 1 saturated carbocycles. The molecule has 106 valence electrons. The van der Waals surface area contributed by atoms with Crippen LogP contribution in [0.3, 0.4) is 0 Å². The summed E-state index contributed by atoms with van der Waals surface area (Å²) in [6, 6.07) is 8.17. The highest BCUT2D eigenvalue weighted by Gasteiger charge is 2.27. The summed E-state index contributed by atoms with van der Waals surface area (Å²) in [6.45, 7) is 0.852. The third kappa shape index (κ3) is 2.92. The molecule has 1 aliphatic heterocycles. The number of carbonyl (C=O) groups is 2. The van der Waals surface area contributed by atoms with Gasteiger partial charge in [-0.3, -0.25) is 9.59 Å². The zero-order valence-electron chi connectivity index (χ0n) is 11.3. The number of benzene rings is 1. The van der Waals surface area contributed by atoms with Gasteiger partial charge in [0.2, 0.25) is 11.8 Å². The number of para-hydroxylation sites is 1. The van der Waals surface area contributed by atoms with Crippen molar-refractivity contribution < 1.29 is 9.59 Å². The summed E-state index contributed by atoms with van der Waals surface area (Å²) in [5, 5.41) is 8.90. The maximum absolute atomic E-state index is 12.2. The quantitative estimate of drug-likeness (QED) is 0.766.